The lowest BCUT2D eigenvalue weighted by Crippen LogP contribution is -2.40. The Balaban J connectivity index is 4.30. The van der Waals surface area contributed by atoms with E-state index in [1.807, 2.05) is 18.7 Å². The maximum atomic E-state index is 12.2. The molecule has 1 unspecified atom stereocenters. The highest BCUT2D eigenvalue weighted by atomic mass is 16.2. The first-order valence-corrected chi connectivity index (χ1v) is 6.57. The van der Waals surface area contributed by atoms with Crippen molar-refractivity contribution in [3.8, 4) is 0 Å². The van der Waals surface area contributed by atoms with Crippen LogP contribution in [0.3, 0.4) is 0 Å². The van der Waals surface area contributed by atoms with Crippen molar-refractivity contribution >= 4 is 5.91 Å². The van der Waals surface area contributed by atoms with Gasteiger partial charge in [-0.15, -0.1) is 0 Å². The molecule has 0 heterocycles. The van der Waals surface area contributed by atoms with Crippen LogP contribution in [0.2, 0.25) is 0 Å². The van der Waals surface area contributed by atoms with Crippen LogP contribution in [-0.2, 0) is 4.79 Å². The van der Waals surface area contributed by atoms with Crippen molar-refractivity contribution in [1.29, 1.82) is 0 Å². The second-order valence-corrected chi connectivity index (χ2v) is 4.38. The van der Waals surface area contributed by atoms with Gasteiger partial charge in [-0.2, -0.15) is 0 Å². The Bertz CT molecular complexity index is 190. The summed E-state index contributed by atoms with van der Waals surface area (Å²) in [4.78, 5) is 16.4. The highest BCUT2D eigenvalue weighted by molar-refractivity contribution is 5.79. The van der Waals surface area contributed by atoms with E-state index in [1.165, 1.54) is 0 Å². The first-order chi connectivity index (χ1) is 7.60. The minimum atomic E-state index is 0.163. The smallest absolute Gasteiger partial charge is 0.226 e. The molecule has 0 aliphatic rings. The third-order valence-corrected chi connectivity index (χ3v) is 3.05. The van der Waals surface area contributed by atoms with Gasteiger partial charge in [-0.05, 0) is 40.3 Å². The minimum absolute atomic E-state index is 0.163. The lowest BCUT2D eigenvalue weighted by atomic mass is 10.0. The van der Waals surface area contributed by atoms with Gasteiger partial charge < -0.3 is 9.80 Å². The summed E-state index contributed by atoms with van der Waals surface area (Å²) in [6.45, 7) is 12.0. The summed E-state index contributed by atoms with van der Waals surface area (Å²) in [5, 5.41) is 0. The zero-order valence-corrected chi connectivity index (χ0v) is 11.6. The number of hydrogen-bond donors (Lipinski definition) is 0. The van der Waals surface area contributed by atoms with Gasteiger partial charge in [-0.25, -0.2) is 0 Å². The molecular weight excluding hydrogens is 200 g/mol. The van der Waals surface area contributed by atoms with E-state index in [4.69, 9.17) is 0 Å². The van der Waals surface area contributed by atoms with Gasteiger partial charge in [0.1, 0.15) is 0 Å². The molecule has 0 saturated heterocycles. The Hall–Kier alpha value is -0.570. The SMILES string of the molecule is CCCN(C)CC(CC)C(=O)N(CC)CC. The third-order valence-electron chi connectivity index (χ3n) is 3.05. The molecule has 16 heavy (non-hydrogen) atoms. The Kier molecular flexibility index (Phi) is 8.26. The topological polar surface area (TPSA) is 23.6 Å². The Morgan fingerprint density at radius 1 is 1.12 bits per heavy atom. The summed E-state index contributed by atoms with van der Waals surface area (Å²) < 4.78 is 0. The lowest BCUT2D eigenvalue weighted by molar-refractivity contribution is -0.135. The largest absolute Gasteiger partial charge is 0.343 e. The van der Waals surface area contributed by atoms with Crippen molar-refractivity contribution in [3.63, 3.8) is 0 Å². The fraction of sp³-hybridized carbons (Fsp3) is 0.923. The fourth-order valence-corrected chi connectivity index (χ4v) is 2.02. The van der Waals surface area contributed by atoms with Gasteiger partial charge in [0.15, 0.2) is 0 Å². The zero-order valence-electron chi connectivity index (χ0n) is 11.6. The van der Waals surface area contributed by atoms with Gasteiger partial charge in [-0.3, -0.25) is 4.79 Å². The van der Waals surface area contributed by atoms with Crippen LogP contribution in [0.25, 0.3) is 0 Å². The van der Waals surface area contributed by atoms with Crippen molar-refractivity contribution in [2.24, 2.45) is 5.92 Å². The standard InChI is InChI=1S/C13H28N2O/c1-6-10-14(5)11-12(7-2)13(16)15(8-3)9-4/h12H,6-11H2,1-5H3. The molecule has 0 aromatic carbocycles. The zero-order chi connectivity index (χ0) is 12.6. The summed E-state index contributed by atoms with van der Waals surface area (Å²) in [6.07, 6.45) is 2.08. The van der Waals surface area contributed by atoms with Gasteiger partial charge in [0, 0.05) is 19.6 Å². The molecule has 0 radical (unpaired) electrons. The highest BCUT2D eigenvalue weighted by Crippen LogP contribution is 2.09. The van der Waals surface area contributed by atoms with Crippen molar-refractivity contribution < 1.29 is 4.79 Å². The number of nitrogens with zero attached hydrogens (tertiary/aromatic N) is 2. The molecule has 0 bridgehead atoms. The van der Waals surface area contributed by atoms with E-state index >= 15 is 0 Å². The fourth-order valence-electron chi connectivity index (χ4n) is 2.02. The van der Waals surface area contributed by atoms with Crippen LogP contribution < -0.4 is 0 Å². The average molecular weight is 228 g/mol. The molecular formula is C13H28N2O. The van der Waals surface area contributed by atoms with Crippen molar-refractivity contribution in [2.75, 3.05) is 33.2 Å². The summed E-state index contributed by atoms with van der Waals surface area (Å²) in [7, 11) is 2.10. The Morgan fingerprint density at radius 2 is 1.69 bits per heavy atom. The predicted molar refractivity (Wildman–Crippen MR) is 69.5 cm³/mol. The second kappa shape index (κ2) is 8.57. The van der Waals surface area contributed by atoms with Crippen LogP contribution in [0.4, 0.5) is 0 Å². The number of hydrogen-bond acceptors (Lipinski definition) is 2. The van der Waals surface area contributed by atoms with Crippen LogP contribution in [0.5, 0.6) is 0 Å². The summed E-state index contributed by atoms with van der Waals surface area (Å²) in [5.74, 6) is 0.479. The van der Waals surface area contributed by atoms with E-state index in [-0.39, 0.29) is 5.92 Å². The molecule has 3 heteroatoms. The van der Waals surface area contributed by atoms with Gasteiger partial charge >= 0.3 is 0 Å². The van der Waals surface area contributed by atoms with Gasteiger partial charge in [0.2, 0.25) is 5.91 Å². The van der Waals surface area contributed by atoms with Crippen molar-refractivity contribution in [1.82, 2.24) is 9.80 Å². The molecule has 0 spiro atoms. The molecule has 1 atom stereocenters. The molecule has 0 N–H and O–H groups in total. The van der Waals surface area contributed by atoms with Crippen molar-refractivity contribution in [3.05, 3.63) is 0 Å². The maximum absolute atomic E-state index is 12.2. The van der Waals surface area contributed by atoms with E-state index < -0.39 is 0 Å². The molecule has 0 aliphatic heterocycles. The number of carbonyl (C=O) groups excluding carboxylic acids is 1. The van der Waals surface area contributed by atoms with Crippen LogP contribution in [0.1, 0.15) is 40.5 Å². The Labute approximate surface area is 101 Å². The second-order valence-electron chi connectivity index (χ2n) is 4.38. The van der Waals surface area contributed by atoms with E-state index in [0.29, 0.717) is 5.91 Å². The lowest BCUT2D eigenvalue weighted by Gasteiger charge is -2.27. The van der Waals surface area contributed by atoms with E-state index in [9.17, 15) is 4.79 Å². The molecule has 96 valence electrons. The van der Waals surface area contributed by atoms with Gasteiger partial charge in [0.25, 0.3) is 0 Å². The predicted octanol–water partition coefficient (Wildman–Crippen LogP) is 2.22. The maximum Gasteiger partial charge on any atom is 0.226 e. The van der Waals surface area contributed by atoms with E-state index in [1.54, 1.807) is 0 Å². The van der Waals surface area contributed by atoms with Crippen LogP contribution in [0, 0.1) is 5.92 Å². The van der Waals surface area contributed by atoms with Gasteiger partial charge in [0.05, 0.1) is 5.92 Å². The first kappa shape index (κ1) is 15.4. The molecule has 0 fully saturated rings. The summed E-state index contributed by atoms with van der Waals surface area (Å²) in [6, 6.07) is 0. The van der Waals surface area contributed by atoms with Crippen LogP contribution in [-0.4, -0.2) is 48.9 Å². The summed E-state index contributed by atoms with van der Waals surface area (Å²) >= 11 is 0. The third kappa shape index (κ3) is 4.97. The molecule has 0 aromatic rings. The van der Waals surface area contributed by atoms with Crippen LogP contribution >= 0.6 is 0 Å². The monoisotopic (exact) mass is 228 g/mol. The number of rotatable bonds is 8. The normalized spacial score (nSPS) is 12.9. The minimum Gasteiger partial charge on any atom is -0.343 e. The molecule has 3 nitrogen and oxygen atoms in total. The van der Waals surface area contributed by atoms with Crippen LogP contribution in [0.15, 0.2) is 0 Å². The average Bonchev–Trinajstić information content (AvgIpc) is 2.27. The number of amides is 1. The molecule has 0 rings (SSSR count). The quantitative estimate of drug-likeness (QED) is 0.636. The van der Waals surface area contributed by atoms with E-state index in [2.05, 4.69) is 25.8 Å². The van der Waals surface area contributed by atoms with Crippen molar-refractivity contribution in [2.45, 2.75) is 40.5 Å². The molecule has 1 amide bonds. The summed E-state index contributed by atoms with van der Waals surface area (Å²) in [5.41, 5.74) is 0. The molecule has 0 aromatic heterocycles. The first-order valence-electron chi connectivity index (χ1n) is 6.57. The highest BCUT2D eigenvalue weighted by Gasteiger charge is 2.21. The van der Waals surface area contributed by atoms with E-state index in [0.717, 1.165) is 39.0 Å². The van der Waals surface area contributed by atoms with Gasteiger partial charge in [-0.1, -0.05) is 13.8 Å². The number of carbonyl (C=O) groups is 1. The Morgan fingerprint density at radius 3 is 2.06 bits per heavy atom. The molecule has 0 saturated carbocycles. The molecule has 0 aliphatic carbocycles.